The molecule has 2 aromatic carbocycles. The minimum absolute atomic E-state index is 0.604. The van der Waals surface area contributed by atoms with E-state index >= 15 is 0 Å². The molecule has 30 heavy (non-hydrogen) atoms. The highest BCUT2D eigenvalue weighted by molar-refractivity contribution is 7.98. The predicted octanol–water partition coefficient (Wildman–Crippen LogP) is 5.78. The molecule has 0 atom stereocenters. The number of benzene rings is 2. The van der Waals surface area contributed by atoms with Gasteiger partial charge in [-0.15, -0.1) is 11.3 Å². The van der Waals surface area contributed by atoms with Crippen molar-refractivity contribution in [3.63, 3.8) is 0 Å². The Bertz CT molecular complexity index is 1180. The van der Waals surface area contributed by atoms with E-state index in [1.54, 1.807) is 23.1 Å². The van der Waals surface area contributed by atoms with Crippen LogP contribution in [-0.2, 0) is 25.3 Å². The molecule has 152 valence electrons. The summed E-state index contributed by atoms with van der Waals surface area (Å²) >= 11 is 9.34. The molecule has 4 aromatic rings. The van der Waals surface area contributed by atoms with Crippen LogP contribution in [0.2, 0.25) is 5.02 Å². The van der Waals surface area contributed by atoms with Gasteiger partial charge in [-0.05, 0) is 35.2 Å². The summed E-state index contributed by atoms with van der Waals surface area (Å²) in [6.45, 7) is 2.94. The van der Waals surface area contributed by atoms with Crippen molar-refractivity contribution in [2.24, 2.45) is 0 Å². The Morgan fingerprint density at radius 2 is 1.83 bits per heavy atom. The fourth-order valence-corrected chi connectivity index (χ4v) is 6.09. The van der Waals surface area contributed by atoms with Gasteiger partial charge in [0.1, 0.15) is 10.6 Å². The highest BCUT2D eigenvalue weighted by Gasteiger charge is 2.24. The molecule has 0 unspecified atom stereocenters. The van der Waals surface area contributed by atoms with Crippen LogP contribution in [0.25, 0.3) is 10.2 Å². The maximum Gasteiger partial charge on any atom is 0.191 e. The molecule has 3 heterocycles. The average molecular weight is 453 g/mol. The summed E-state index contributed by atoms with van der Waals surface area (Å²) in [4.78, 5) is 14.3. The van der Waals surface area contributed by atoms with Gasteiger partial charge in [0.05, 0.1) is 5.39 Å². The van der Waals surface area contributed by atoms with Crippen molar-refractivity contribution in [1.82, 2.24) is 14.9 Å². The monoisotopic (exact) mass is 452 g/mol. The molecule has 2 aromatic heterocycles. The van der Waals surface area contributed by atoms with E-state index in [-0.39, 0.29) is 0 Å². The number of nitrogens with two attached hydrogens (primary N) is 1. The second kappa shape index (κ2) is 8.55. The summed E-state index contributed by atoms with van der Waals surface area (Å²) in [6, 6.07) is 18.5. The van der Waals surface area contributed by atoms with Crippen LogP contribution in [0.15, 0.2) is 59.8 Å². The number of nitrogens with zero attached hydrogens (tertiary/aromatic N) is 3. The number of thioether (sulfide) groups is 1. The summed E-state index contributed by atoms with van der Waals surface area (Å²) in [6.07, 6.45) is 0.993. The van der Waals surface area contributed by atoms with Crippen molar-refractivity contribution in [1.29, 1.82) is 0 Å². The molecule has 0 bridgehead atoms. The van der Waals surface area contributed by atoms with E-state index in [4.69, 9.17) is 22.3 Å². The normalized spacial score (nSPS) is 14.2. The lowest BCUT2D eigenvalue weighted by molar-refractivity contribution is 0.249. The van der Waals surface area contributed by atoms with Crippen molar-refractivity contribution in [2.75, 3.05) is 12.3 Å². The third-order valence-corrected chi connectivity index (χ3v) is 7.60. The molecule has 0 spiro atoms. The zero-order valence-corrected chi connectivity index (χ0v) is 18.7. The molecule has 1 aliphatic rings. The summed E-state index contributed by atoms with van der Waals surface area (Å²) in [5.41, 5.74) is 10.3. The molecular weight excluding hydrogens is 432 g/mol. The van der Waals surface area contributed by atoms with Crippen LogP contribution in [0, 0.1) is 0 Å². The van der Waals surface area contributed by atoms with Gasteiger partial charge in [-0.25, -0.2) is 9.97 Å². The largest absolute Gasteiger partial charge is 0.383 e. The quantitative estimate of drug-likeness (QED) is 0.307. The summed E-state index contributed by atoms with van der Waals surface area (Å²) in [7, 11) is 0. The summed E-state index contributed by atoms with van der Waals surface area (Å²) in [5, 5.41) is 2.54. The molecule has 0 saturated carbocycles. The lowest BCUT2D eigenvalue weighted by Gasteiger charge is -2.26. The van der Waals surface area contributed by atoms with E-state index in [0.29, 0.717) is 5.82 Å². The first-order valence-electron chi connectivity index (χ1n) is 9.87. The van der Waals surface area contributed by atoms with Crippen molar-refractivity contribution >= 4 is 50.7 Å². The third kappa shape index (κ3) is 4.18. The smallest absolute Gasteiger partial charge is 0.191 e. The van der Waals surface area contributed by atoms with Crippen LogP contribution >= 0.6 is 34.7 Å². The number of anilines is 1. The molecule has 0 aliphatic carbocycles. The van der Waals surface area contributed by atoms with Crippen LogP contribution in [-0.4, -0.2) is 21.4 Å². The molecule has 0 amide bonds. The number of hydrogen-bond acceptors (Lipinski definition) is 6. The van der Waals surface area contributed by atoms with Gasteiger partial charge in [0.25, 0.3) is 0 Å². The highest BCUT2D eigenvalue weighted by Crippen LogP contribution is 2.38. The van der Waals surface area contributed by atoms with Gasteiger partial charge in [-0.3, -0.25) is 4.90 Å². The topological polar surface area (TPSA) is 55.0 Å². The van der Waals surface area contributed by atoms with Gasteiger partial charge in [0.15, 0.2) is 5.16 Å². The summed E-state index contributed by atoms with van der Waals surface area (Å²) < 4.78 is 0. The Kier molecular flexibility index (Phi) is 5.65. The highest BCUT2D eigenvalue weighted by atomic mass is 35.5. The fraction of sp³-hybridized carbons (Fsp3) is 0.217. The van der Waals surface area contributed by atoms with E-state index in [0.717, 1.165) is 52.2 Å². The van der Waals surface area contributed by atoms with Gasteiger partial charge in [-0.2, -0.15) is 0 Å². The minimum atomic E-state index is 0.604. The van der Waals surface area contributed by atoms with Gasteiger partial charge in [0, 0.05) is 35.3 Å². The first kappa shape index (κ1) is 19.8. The van der Waals surface area contributed by atoms with Crippen LogP contribution < -0.4 is 5.73 Å². The molecule has 4 nitrogen and oxygen atoms in total. The zero-order chi connectivity index (χ0) is 20.5. The average Bonchev–Trinajstić information content (AvgIpc) is 3.12. The SMILES string of the molecule is Nc1nc(SCc2ccc(Cl)cc2)nc2sc3c(c12)CCN(Cc1ccccc1)C3. The molecule has 2 N–H and O–H groups in total. The van der Waals surface area contributed by atoms with E-state index in [9.17, 15) is 0 Å². The molecule has 0 radical (unpaired) electrons. The Balaban J connectivity index is 1.35. The van der Waals surface area contributed by atoms with E-state index in [1.807, 2.05) is 24.3 Å². The second-order valence-corrected chi connectivity index (χ2v) is 9.90. The van der Waals surface area contributed by atoms with E-state index < -0.39 is 0 Å². The lowest BCUT2D eigenvalue weighted by Crippen LogP contribution is -2.29. The lowest BCUT2D eigenvalue weighted by atomic mass is 10.0. The molecule has 0 saturated heterocycles. The van der Waals surface area contributed by atoms with Gasteiger partial charge >= 0.3 is 0 Å². The van der Waals surface area contributed by atoms with Crippen LogP contribution in [0.4, 0.5) is 5.82 Å². The van der Waals surface area contributed by atoms with Crippen molar-refractivity contribution < 1.29 is 0 Å². The molecule has 0 fully saturated rings. The zero-order valence-electron chi connectivity index (χ0n) is 16.3. The molecule has 1 aliphatic heterocycles. The Morgan fingerprint density at radius 1 is 1.03 bits per heavy atom. The Morgan fingerprint density at radius 3 is 2.63 bits per heavy atom. The standard InChI is InChI=1S/C23H21ClN4S2/c24-17-8-6-16(7-9-17)14-29-23-26-21(25)20-18-10-11-28(12-15-4-2-1-3-5-15)13-19(18)30-22(20)27-23/h1-9H,10-14H2,(H2,25,26,27). The Hall–Kier alpha value is -2.12. The van der Waals surface area contributed by atoms with Crippen LogP contribution in [0.3, 0.4) is 0 Å². The molecular formula is C23H21ClN4S2. The number of rotatable bonds is 5. The third-order valence-electron chi connectivity index (χ3n) is 5.32. The fourth-order valence-electron chi connectivity index (χ4n) is 3.83. The molecule has 5 rings (SSSR count). The summed E-state index contributed by atoms with van der Waals surface area (Å²) in [5.74, 6) is 1.39. The first-order valence-corrected chi connectivity index (χ1v) is 12.0. The van der Waals surface area contributed by atoms with E-state index in [1.165, 1.54) is 21.6 Å². The second-order valence-electron chi connectivity index (χ2n) is 7.44. The first-order chi connectivity index (χ1) is 14.7. The minimum Gasteiger partial charge on any atom is -0.383 e. The number of halogens is 1. The number of thiophene rings is 1. The van der Waals surface area contributed by atoms with Crippen molar-refractivity contribution in [3.05, 3.63) is 81.2 Å². The van der Waals surface area contributed by atoms with Crippen molar-refractivity contribution in [3.8, 4) is 0 Å². The maximum absolute atomic E-state index is 6.38. The predicted molar refractivity (Wildman–Crippen MR) is 127 cm³/mol. The maximum atomic E-state index is 6.38. The number of fused-ring (bicyclic) bond motifs is 3. The number of aromatic nitrogens is 2. The Labute approximate surface area is 189 Å². The number of hydrogen-bond donors (Lipinski definition) is 1. The van der Waals surface area contributed by atoms with Gasteiger partial charge in [0.2, 0.25) is 0 Å². The van der Waals surface area contributed by atoms with Gasteiger partial charge in [-0.1, -0.05) is 65.8 Å². The van der Waals surface area contributed by atoms with Crippen molar-refractivity contribution in [2.45, 2.75) is 30.4 Å². The van der Waals surface area contributed by atoms with Crippen LogP contribution in [0.1, 0.15) is 21.6 Å². The molecule has 7 heteroatoms. The number of nitrogen functional groups attached to an aromatic ring is 1. The van der Waals surface area contributed by atoms with E-state index in [2.05, 4.69) is 40.2 Å². The van der Waals surface area contributed by atoms with Gasteiger partial charge < -0.3 is 5.73 Å². The van der Waals surface area contributed by atoms with Crippen LogP contribution in [0.5, 0.6) is 0 Å².